The van der Waals surface area contributed by atoms with Gasteiger partial charge in [-0.25, -0.2) is 0 Å². The number of anilines is 1. The first-order valence-electron chi connectivity index (χ1n) is 7.79. The summed E-state index contributed by atoms with van der Waals surface area (Å²) in [6.07, 6.45) is 2.12. The Hall–Kier alpha value is -1.88. The lowest BCUT2D eigenvalue weighted by Crippen LogP contribution is -2.48. The number of carbonyl (C=O) groups is 2. The van der Waals surface area contributed by atoms with Crippen LogP contribution in [0.4, 0.5) is 5.69 Å². The molecule has 5 heteroatoms. The number of hydrogen-bond acceptors (Lipinski definition) is 3. The maximum Gasteiger partial charge on any atom is 0.242 e. The largest absolute Gasteiger partial charge is 0.383 e. The number of benzene rings is 1. The minimum Gasteiger partial charge on any atom is -0.383 e. The molecule has 1 N–H and O–H groups in total. The van der Waals surface area contributed by atoms with E-state index >= 15 is 0 Å². The zero-order valence-electron chi connectivity index (χ0n) is 13.1. The molecule has 0 radical (unpaired) electrons. The molecule has 1 unspecified atom stereocenters. The first-order chi connectivity index (χ1) is 10.6. The molecule has 1 aliphatic heterocycles. The number of para-hydroxylation sites is 1. The molecule has 1 aromatic rings. The third-order valence-corrected chi connectivity index (χ3v) is 4.61. The summed E-state index contributed by atoms with van der Waals surface area (Å²) in [6.45, 7) is 2.94. The predicted octanol–water partition coefficient (Wildman–Crippen LogP) is 1.51. The Kier molecular flexibility index (Phi) is 3.91. The molecule has 1 saturated carbocycles. The lowest BCUT2D eigenvalue weighted by atomic mass is 10.0. The van der Waals surface area contributed by atoms with Gasteiger partial charge in [-0.1, -0.05) is 18.2 Å². The van der Waals surface area contributed by atoms with Gasteiger partial charge >= 0.3 is 0 Å². The van der Waals surface area contributed by atoms with E-state index in [2.05, 4.69) is 11.4 Å². The van der Waals surface area contributed by atoms with E-state index in [0.29, 0.717) is 26.0 Å². The van der Waals surface area contributed by atoms with E-state index in [0.717, 1.165) is 12.1 Å². The van der Waals surface area contributed by atoms with Crippen LogP contribution in [0.25, 0.3) is 0 Å². The fourth-order valence-corrected chi connectivity index (χ4v) is 3.20. The first-order valence-corrected chi connectivity index (χ1v) is 7.79. The third kappa shape index (κ3) is 2.39. The molecule has 2 aliphatic rings. The zero-order valence-corrected chi connectivity index (χ0v) is 13.1. The molecule has 1 atom stereocenters. The smallest absolute Gasteiger partial charge is 0.242 e. The number of rotatable bonds is 5. The van der Waals surface area contributed by atoms with Crippen molar-refractivity contribution in [1.29, 1.82) is 0 Å². The number of methoxy groups -OCH3 is 1. The summed E-state index contributed by atoms with van der Waals surface area (Å²) in [7, 11) is 1.59. The average molecular weight is 302 g/mol. The lowest BCUT2D eigenvalue weighted by Gasteiger charge is -2.27. The minimum absolute atomic E-state index is 0.0557. The molecule has 118 valence electrons. The number of fused-ring (bicyclic) bond motifs is 1. The summed E-state index contributed by atoms with van der Waals surface area (Å²) in [5.41, 5.74) is 1.27. The predicted molar refractivity (Wildman–Crippen MR) is 83.6 cm³/mol. The van der Waals surface area contributed by atoms with Gasteiger partial charge in [0.25, 0.3) is 0 Å². The van der Waals surface area contributed by atoms with Crippen molar-refractivity contribution in [3.05, 3.63) is 29.8 Å². The van der Waals surface area contributed by atoms with Gasteiger partial charge in [0.05, 0.1) is 6.61 Å². The summed E-state index contributed by atoms with van der Waals surface area (Å²) in [5, 5.41) is 2.82. The SMILES string of the molecule is COCCNC(=O)C1(C(=O)N2c3ccccc3CC2C)CC1. The van der Waals surface area contributed by atoms with Crippen molar-refractivity contribution in [3.63, 3.8) is 0 Å². The Bertz CT molecular complexity index is 595. The van der Waals surface area contributed by atoms with Crippen LogP contribution >= 0.6 is 0 Å². The zero-order chi connectivity index (χ0) is 15.7. The molecule has 0 saturated heterocycles. The number of carbonyl (C=O) groups excluding carboxylic acids is 2. The van der Waals surface area contributed by atoms with E-state index in [1.807, 2.05) is 30.0 Å². The quantitative estimate of drug-likeness (QED) is 0.662. The van der Waals surface area contributed by atoms with Gasteiger partial charge in [-0.05, 0) is 37.8 Å². The van der Waals surface area contributed by atoms with Crippen molar-refractivity contribution in [1.82, 2.24) is 5.32 Å². The lowest BCUT2D eigenvalue weighted by molar-refractivity contribution is -0.136. The maximum absolute atomic E-state index is 13.0. The molecule has 3 rings (SSSR count). The minimum atomic E-state index is -0.862. The molecule has 0 bridgehead atoms. The van der Waals surface area contributed by atoms with E-state index in [1.54, 1.807) is 7.11 Å². The van der Waals surface area contributed by atoms with Gasteiger partial charge in [0.2, 0.25) is 11.8 Å². The highest BCUT2D eigenvalue weighted by Gasteiger charge is 2.59. The van der Waals surface area contributed by atoms with E-state index in [4.69, 9.17) is 4.74 Å². The Labute approximate surface area is 130 Å². The molecule has 1 fully saturated rings. The molecule has 5 nitrogen and oxygen atoms in total. The summed E-state index contributed by atoms with van der Waals surface area (Å²) >= 11 is 0. The van der Waals surface area contributed by atoms with Crippen LogP contribution < -0.4 is 10.2 Å². The van der Waals surface area contributed by atoms with Crippen molar-refractivity contribution in [2.45, 2.75) is 32.2 Å². The monoisotopic (exact) mass is 302 g/mol. The van der Waals surface area contributed by atoms with Gasteiger partial charge in [-0.15, -0.1) is 0 Å². The Balaban J connectivity index is 1.78. The van der Waals surface area contributed by atoms with Crippen molar-refractivity contribution < 1.29 is 14.3 Å². The van der Waals surface area contributed by atoms with Crippen LogP contribution in [0.2, 0.25) is 0 Å². The van der Waals surface area contributed by atoms with Gasteiger partial charge in [0.1, 0.15) is 5.41 Å². The van der Waals surface area contributed by atoms with Crippen LogP contribution in [0, 0.1) is 5.41 Å². The fourth-order valence-electron chi connectivity index (χ4n) is 3.20. The van der Waals surface area contributed by atoms with Crippen LogP contribution in [-0.4, -0.2) is 38.1 Å². The topological polar surface area (TPSA) is 58.6 Å². The summed E-state index contributed by atoms with van der Waals surface area (Å²) < 4.78 is 4.94. The van der Waals surface area contributed by atoms with E-state index in [1.165, 1.54) is 5.56 Å². The number of amides is 2. The number of nitrogens with zero attached hydrogens (tertiary/aromatic N) is 1. The van der Waals surface area contributed by atoms with Crippen LogP contribution in [0.5, 0.6) is 0 Å². The van der Waals surface area contributed by atoms with Gasteiger partial charge in [0.15, 0.2) is 0 Å². The number of hydrogen-bond donors (Lipinski definition) is 1. The van der Waals surface area contributed by atoms with Crippen molar-refractivity contribution in [2.24, 2.45) is 5.41 Å². The Morgan fingerprint density at radius 1 is 1.36 bits per heavy atom. The number of ether oxygens (including phenoxy) is 1. The molecule has 1 heterocycles. The second kappa shape index (κ2) is 5.72. The van der Waals surface area contributed by atoms with E-state index in [-0.39, 0.29) is 17.9 Å². The highest BCUT2D eigenvalue weighted by atomic mass is 16.5. The maximum atomic E-state index is 13.0. The van der Waals surface area contributed by atoms with Crippen molar-refractivity contribution in [3.8, 4) is 0 Å². The fraction of sp³-hybridized carbons (Fsp3) is 0.529. The molecule has 2 amide bonds. The molecule has 22 heavy (non-hydrogen) atoms. The Morgan fingerprint density at radius 2 is 2.09 bits per heavy atom. The molecule has 0 spiro atoms. The van der Waals surface area contributed by atoms with Gasteiger partial charge in [-0.2, -0.15) is 0 Å². The number of nitrogens with one attached hydrogen (secondary N) is 1. The third-order valence-electron chi connectivity index (χ3n) is 4.61. The van der Waals surface area contributed by atoms with E-state index < -0.39 is 5.41 Å². The average Bonchev–Trinajstić information content (AvgIpc) is 3.25. The summed E-state index contributed by atoms with van der Waals surface area (Å²) in [4.78, 5) is 27.2. The van der Waals surface area contributed by atoms with Crippen LogP contribution in [0.1, 0.15) is 25.3 Å². The Morgan fingerprint density at radius 3 is 2.77 bits per heavy atom. The molecular formula is C17H22N2O3. The normalized spacial score (nSPS) is 21.4. The van der Waals surface area contributed by atoms with Crippen molar-refractivity contribution in [2.75, 3.05) is 25.2 Å². The van der Waals surface area contributed by atoms with Crippen LogP contribution in [-0.2, 0) is 20.7 Å². The molecular weight excluding hydrogens is 280 g/mol. The second-order valence-corrected chi connectivity index (χ2v) is 6.19. The van der Waals surface area contributed by atoms with Crippen LogP contribution in [0.3, 0.4) is 0 Å². The van der Waals surface area contributed by atoms with Crippen LogP contribution in [0.15, 0.2) is 24.3 Å². The second-order valence-electron chi connectivity index (χ2n) is 6.19. The van der Waals surface area contributed by atoms with Crippen molar-refractivity contribution >= 4 is 17.5 Å². The highest BCUT2D eigenvalue weighted by Crippen LogP contribution is 2.49. The molecule has 0 aromatic heterocycles. The molecule has 1 aliphatic carbocycles. The van der Waals surface area contributed by atoms with Gasteiger partial charge in [-0.3, -0.25) is 9.59 Å². The molecule has 1 aromatic carbocycles. The van der Waals surface area contributed by atoms with Gasteiger partial charge < -0.3 is 15.0 Å². The van der Waals surface area contributed by atoms with E-state index in [9.17, 15) is 9.59 Å². The summed E-state index contributed by atoms with van der Waals surface area (Å²) in [5.74, 6) is -0.217. The standard InChI is InChI=1S/C17H22N2O3/c1-12-11-13-5-3-4-6-14(13)19(12)16(21)17(7-8-17)15(20)18-9-10-22-2/h3-6,12H,7-11H2,1-2H3,(H,18,20). The first kappa shape index (κ1) is 15.0. The highest BCUT2D eigenvalue weighted by molar-refractivity contribution is 6.14. The summed E-state index contributed by atoms with van der Waals surface area (Å²) in [6, 6.07) is 8.06. The van der Waals surface area contributed by atoms with Gasteiger partial charge in [0, 0.05) is 25.4 Å².